The van der Waals surface area contributed by atoms with Crippen molar-refractivity contribution in [1.29, 1.82) is 5.26 Å². The molecule has 1 aromatic carbocycles. The van der Waals surface area contributed by atoms with Gasteiger partial charge in [0.2, 0.25) is 0 Å². The molecular weight excluding hydrogens is 270 g/mol. The van der Waals surface area contributed by atoms with E-state index in [9.17, 15) is 0 Å². The zero-order valence-corrected chi connectivity index (χ0v) is 12.8. The van der Waals surface area contributed by atoms with Gasteiger partial charge in [-0.3, -0.25) is 0 Å². The van der Waals surface area contributed by atoms with Crippen LogP contribution in [0.1, 0.15) is 30.2 Å². The second-order valence-electron chi connectivity index (χ2n) is 5.49. The van der Waals surface area contributed by atoms with Crippen molar-refractivity contribution >= 4 is 11.3 Å². The highest BCUT2D eigenvalue weighted by atomic mass is 15.1. The number of anilines is 1. The maximum Gasteiger partial charge on any atom is 0.140 e. The van der Waals surface area contributed by atoms with Gasteiger partial charge in [-0.05, 0) is 41.7 Å². The van der Waals surface area contributed by atoms with Gasteiger partial charge in [0.25, 0.3) is 0 Å². The average molecular weight is 289 g/mol. The lowest BCUT2D eigenvalue weighted by atomic mass is 9.98. The summed E-state index contributed by atoms with van der Waals surface area (Å²) < 4.78 is 0. The first-order valence-electron chi connectivity index (χ1n) is 7.69. The predicted molar refractivity (Wildman–Crippen MR) is 89.6 cm³/mol. The van der Waals surface area contributed by atoms with Crippen LogP contribution in [0, 0.1) is 11.3 Å². The van der Waals surface area contributed by atoms with Gasteiger partial charge in [0.15, 0.2) is 0 Å². The first-order chi connectivity index (χ1) is 10.8. The van der Waals surface area contributed by atoms with E-state index >= 15 is 0 Å². The van der Waals surface area contributed by atoms with Gasteiger partial charge in [0, 0.05) is 13.1 Å². The molecule has 0 atom stereocenters. The fraction of sp³-hybridized carbons (Fsp3) is 0.263. The summed E-state index contributed by atoms with van der Waals surface area (Å²) in [5, 5.41) is 8.80. The van der Waals surface area contributed by atoms with Gasteiger partial charge in [0.1, 0.15) is 11.8 Å². The molecule has 1 aliphatic rings. The second-order valence-corrected chi connectivity index (χ2v) is 5.49. The van der Waals surface area contributed by atoms with E-state index in [0.717, 1.165) is 31.6 Å². The van der Waals surface area contributed by atoms with E-state index in [2.05, 4.69) is 53.2 Å². The highest BCUT2D eigenvalue weighted by Crippen LogP contribution is 2.25. The molecule has 3 heteroatoms. The van der Waals surface area contributed by atoms with Crippen LogP contribution in [0.15, 0.2) is 48.7 Å². The van der Waals surface area contributed by atoms with Gasteiger partial charge in [-0.2, -0.15) is 5.26 Å². The fourth-order valence-corrected chi connectivity index (χ4v) is 2.76. The quantitative estimate of drug-likeness (QED) is 0.862. The van der Waals surface area contributed by atoms with E-state index in [-0.39, 0.29) is 0 Å². The van der Waals surface area contributed by atoms with Crippen molar-refractivity contribution in [2.24, 2.45) is 0 Å². The molecular formula is C19H19N3. The van der Waals surface area contributed by atoms with E-state index in [1.165, 1.54) is 16.7 Å². The average Bonchev–Trinajstić information content (AvgIpc) is 2.62. The molecule has 3 rings (SSSR count). The Bertz CT molecular complexity index is 706. The number of hydrogen-bond donors (Lipinski definition) is 0. The molecule has 3 nitrogen and oxygen atoms in total. The third-order valence-electron chi connectivity index (χ3n) is 4.17. The van der Waals surface area contributed by atoms with E-state index in [0.29, 0.717) is 5.69 Å². The highest BCUT2D eigenvalue weighted by molar-refractivity contribution is 5.68. The summed E-state index contributed by atoms with van der Waals surface area (Å²) in [4.78, 5) is 6.43. The van der Waals surface area contributed by atoms with Crippen molar-refractivity contribution in [2.45, 2.75) is 19.8 Å². The zero-order valence-electron chi connectivity index (χ0n) is 12.8. The molecule has 1 aromatic heterocycles. The van der Waals surface area contributed by atoms with Crippen LogP contribution < -0.4 is 4.90 Å². The summed E-state index contributed by atoms with van der Waals surface area (Å²) >= 11 is 0. The van der Waals surface area contributed by atoms with Crippen molar-refractivity contribution in [3.8, 4) is 6.07 Å². The number of nitrogens with zero attached hydrogens (tertiary/aromatic N) is 3. The summed E-state index contributed by atoms with van der Waals surface area (Å²) in [7, 11) is 0. The molecule has 1 aliphatic heterocycles. The van der Waals surface area contributed by atoms with Crippen molar-refractivity contribution in [3.63, 3.8) is 0 Å². The van der Waals surface area contributed by atoms with Crippen LogP contribution in [-0.2, 0) is 6.42 Å². The number of hydrogen-bond acceptors (Lipinski definition) is 3. The lowest BCUT2D eigenvalue weighted by Gasteiger charge is -2.28. The highest BCUT2D eigenvalue weighted by Gasteiger charge is 2.13. The van der Waals surface area contributed by atoms with Gasteiger partial charge >= 0.3 is 0 Å². The van der Waals surface area contributed by atoms with Crippen molar-refractivity contribution in [2.75, 3.05) is 18.0 Å². The minimum Gasteiger partial charge on any atom is -0.366 e. The van der Waals surface area contributed by atoms with Crippen LogP contribution in [-0.4, -0.2) is 18.1 Å². The standard InChI is InChI=1S/C19H19N3/c1-2-15-3-5-16(6-4-15)17-9-11-22(12-10-17)19-8-7-18(13-20)21-14-19/h3-9,14H,2,10-12H2,1H3. The monoisotopic (exact) mass is 289 g/mol. The summed E-state index contributed by atoms with van der Waals surface area (Å²) in [6, 6.07) is 14.7. The predicted octanol–water partition coefficient (Wildman–Crippen LogP) is 3.81. The van der Waals surface area contributed by atoms with Gasteiger partial charge in [-0.25, -0.2) is 4.98 Å². The minimum atomic E-state index is 0.466. The molecule has 0 aliphatic carbocycles. The third-order valence-corrected chi connectivity index (χ3v) is 4.17. The van der Waals surface area contributed by atoms with Crippen LogP contribution in [0.2, 0.25) is 0 Å². The third kappa shape index (κ3) is 3.01. The zero-order chi connectivity index (χ0) is 15.4. The Labute approximate surface area is 131 Å². The van der Waals surface area contributed by atoms with Crippen LogP contribution >= 0.6 is 0 Å². The van der Waals surface area contributed by atoms with Gasteiger partial charge in [0.05, 0.1) is 11.9 Å². The number of rotatable bonds is 3. The number of aryl methyl sites for hydroxylation is 1. The Morgan fingerprint density at radius 3 is 2.55 bits per heavy atom. The number of benzene rings is 1. The van der Waals surface area contributed by atoms with Crippen molar-refractivity contribution < 1.29 is 0 Å². The smallest absolute Gasteiger partial charge is 0.140 e. The second kappa shape index (κ2) is 6.44. The SMILES string of the molecule is CCc1ccc(C2=CCN(c3ccc(C#N)nc3)CC2)cc1. The molecule has 0 fully saturated rings. The van der Waals surface area contributed by atoms with Crippen molar-refractivity contribution in [3.05, 3.63) is 65.5 Å². The normalized spacial score (nSPS) is 14.4. The molecule has 0 saturated heterocycles. The van der Waals surface area contributed by atoms with Gasteiger partial charge in [-0.1, -0.05) is 37.3 Å². The lowest BCUT2D eigenvalue weighted by molar-refractivity contribution is 0.829. The Morgan fingerprint density at radius 2 is 2.00 bits per heavy atom. The van der Waals surface area contributed by atoms with E-state index in [1.807, 2.05) is 6.07 Å². The molecule has 0 radical (unpaired) electrons. The molecule has 0 bridgehead atoms. The van der Waals surface area contributed by atoms with E-state index < -0.39 is 0 Å². The first kappa shape index (κ1) is 14.3. The molecule has 0 saturated carbocycles. The summed E-state index contributed by atoms with van der Waals surface area (Å²) in [6.45, 7) is 4.05. The summed E-state index contributed by atoms with van der Waals surface area (Å²) in [5.74, 6) is 0. The fourth-order valence-electron chi connectivity index (χ4n) is 2.76. The van der Waals surface area contributed by atoms with Crippen LogP contribution in [0.4, 0.5) is 5.69 Å². The molecule has 0 spiro atoms. The Morgan fingerprint density at radius 1 is 1.18 bits per heavy atom. The molecule has 2 aromatic rings. The largest absolute Gasteiger partial charge is 0.366 e. The first-order valence-corrected chi connectivity index (χ1v) is 7.69. The molecule has 0 amide bonds. The molecule has 110 valence electrons. The Hall–Kier alpha value is -2.60. The minimum absolute atomic E-state index is 0.466. The molecule has 2 heterocycles. The maximum absolute atomic E-state index is 8.80. The molecule has 22 heavy (non-hydrogen) atoms. The van der Waals surface area contributed by atoms with Gasteiger partial charge < -0.3 is 4.90 Å². The number of aromatic nitrogens is 1. The Kier molecular flexibility index (Phi) is 4.20. The van der Waals surface area contributed by atoms with E-state index in [1.54, 1.807) is 12.3 Å². The molecule has 0 N–H and O–H groups in total. The van der Waals surface area contributed by atoms with Gasteiger partial charge in [-0.15, -0.1) is 0 Å². The van der Waals surface area contributed by atoms with Crippen LogP contribution in [0.3, 0.4) is 0 Å². The maximum atomic E-state index is 8.80. The summed E-state index contributed by atoms with van der Waals surface area (Å²) in [6.07, 6.45) is 6.19. The van der Waals surface area contributed by atoms with Crippen molar-refractivity contribution in [1.82, 2.24) is 4.98 Å². The van der Waals surface area contributed by atoms with Crippen LogP contribution in [0.25, 0.3) is 5.57 Å². The number of nitriles is 1. The lowest BCUT2D eigenvalue weighted by Crippen LogP contribution is -2.28. The van der Waals surface area contributed by atoms with E-state index in [4.69, 9.17) is 5.26 Å². The number of pyridine rings is 1. The van der Waals surface area contributed by atoms with Crippen LogP contribution in [0.5, 0.6) is 0 Å². The topological polar surface area (TPSA) is 39.9 Å². The summed E-state index contributed by atoms with van der Waals surface area (Å²) in [5.41, 5.74) is 5.67. The Balaban J connectivity index is 1.71. The molecule has 0 unspecified atom stereocenters.